The molecule has 0 bridgehead atoms. The average Bonchev–Trinajstić information content (AvgIpc) is 2.47. The van der Waals surface area contributed by atoms with Crippen LogP contribution in [0.4, 0.5) is 0 Å². The predicted molar refractivity (Wildman–Crippen MR) is 83.8 cm³/mol. The Labute approximate surface area is 127 Å². The second-order valence-corrected chi connectivity index (χ2v) is 4.51. The average molecular weight is 294 g/mol. The molecule has 0 aliphatic heterocycles. The van der Waals surface area contributed by atoms with Gasteiger partial charge in [-0.25, -0.2) is 0 Å². The Balaban J connectivity index is 2.72. The maximum absolute atomic E-state index is 11.5. The summed E-state index contributed by atoms with van der Waals surface area (Å²) >= 11 is 0. The highest BCUT2D eigenvalue weighted by Crippen LogP contribution is 2.31. The number of benzene rings is 1. The molecule has 1 amide bonds. The molecule has 118 valence electrons. The van der Waals surface area contributed by atoms with Gasteiger partial charge in [0.15, 0.2) is 11.5 Å². The number of hydrogen-bond donors (Lipinski definition) is 2. The van der Waals surface area contributed by atoms with Crippen molar-refractivity contribution in [1.29, 1.82) is 0 Å². The Morgan fingerprint density at radius 1 is 1.14 bits per heavy atom. The van der Waals surface area contributed by atoms with Crippen molar-refractivity contribution in [2.75, 3.05) is 26.3 Å². The van der Waals surface area contributed by atoms with E-state index in [9.17, 15) is 4.79 Å². The van der Waals surface area contributed by atoms with Gasteiger partial charge in [-0.2, -0.15) is 0 Å². The van der Waals surface area contributed by atoms with Crippen molar-refractivity contribution in [3.05, 3.63) is 23.8 Å². The Morgan fingerprint density at radius 2 is 1.95 bits per heavy atom. The number of carbonyl (C=O) groups is 1. The lowest BCUT2D eigenvalue weighted by Crippen LogP contribution is -2.24. The molecule has 0 saturated carbocycles. The number of hydrogen-bond acceptors (Lipinski definition) is 4. The molecule has 5 heteroatoms. The van der Waals surface area contributed by atoms with Crippen LogP contribution >= 0.6 is 0 Å². The standard InChI is InChI=1S/C16H26N2O3/c1-4-17-12-13-8-7-9-14(20-6-3)16(13)21-11-10-15(19)18-5-2/h7-9,17H,4-6,10-12H2,1-3H3,(H,18,19). The Morgan fingerprint density at radius 3 is 2.62 bits per heavy atom. The molecule has 1 rings (SSSR count). The Bertz CT molecular complexity index is 436. The molecular formula is C16H26N2O3. The highest BCUT2D eigenvalue weighted by atomic mass is 16.5. The van der Waals surface area contributed by atoms with Crippen molar-refractivity contribution in [2.45, 2.75) is 33.7 Å². The van der Waals surface area contributed by atoms with Crippen LogP contribution in [0.1, 0.15) is 32.8 Å². The van der Waals surface area contributed by atoms with Gasteiger partial charge in [0.05, 0.1) is 19.6 Å². The van der Waals surface area contributed by atoms with Crippen LogP contribution in [0, 0.1) is 0 Å². The monoisotopic (exact) mass is 294 g/mol. The van der Waals surface area contributed by atoms with Crippen LogP contribution in [0.5, 0.6) is 11.5 Å². The maximum Gasteiger partial charge on any atom is 0.223 e. The van der Waals surface area contributed by atoms with Gasteiger partial charge in [-0.05, 0) is 26.5 Å². The Kier molecular flexibility index (Phi) is 8.28. The lowest BCUT2D eigenvalue weighted by molar-refractivity contribution is -0.121. The first kappa shape index (κ1) is 17.3. The van der Waals surface area contributed by atoms with Gasteiger partial charge >= 0.3 is 0 Å². The maximum atomic E-state index is 11.5. The van der Waals surface area contributed by atoms with Crippen LogP contribution in [0.3, 0.4) is 0 Å². The van der Waals surface area contributed by atoms with E-state index in [4.69, 9.17) is 9.47 Å². The molecular weight excluding hydrogens is 268 g/mol. The molecule has 0 atom stereocenters. The summed E-state index contributed by atoms with van der Waals surface area (Å²) in [6.07, 6.45) is 0.342. The zero-order chi connectivity index (χ0) is 15.5. The molecule has 0 aliphatic carbocycles. The van der Waals surface area contributed by atoms with Crippen LogP contribution in [0.25, 0.3) is 0 Å². The van der Waals surface area contributed by atoms with Crippen LogP contribution < -0.4 is 20.1 Å². The SMILES string of the molecule is CCNCc1cccc(OCC)c1OCCC(=O)NCC. The van der Waals surface area contributed by atoms with E-state index in [1.54, 1.807) is 0 Å². The zero-order valence-corrected chi connectivity index (χ0v) is 13.2. The van der Waals surface area contributed by atoms with Crippen molar-refractivity contribution in [3.63, 3.8) is 0 Å². The van der Waals surface area contributed by atoms with Gasteiger partial charge in [-0.3, -0.25) is 4.79 Å². The van der Waals surface area contributed by atoms with E-state index >= 15 is 0 Å². The minimum absolute atomic E-state index is 0.000348. The molecule has 1 aromatic carbocycles. The van der Waals surface area contributed by atoms with E-state index in [1.165, 1.54) is 0 Å². The third kappa shape index (κ3) is 6.04. The molecule has 5 nitrogen and oxygen atoms in total. The number of amides is 1. The molecule has 0 unspecified atom stereocenters. The highest BCUT2D eigenvalue weighted by molar-refractivity contribution is 5.75. The lowest BCUT2D eigenvalue weighted by atomic mass is 10.2. The van der Waals surface area contributed by atoms with E-state index in [2.05, 4.69) is 17.6 Å². The second-order valence-electron chi connectivity index (χ2n) is 4.51. The molecule has 0 aliphatic rings. The fraction of sp³-hybridized carbons (Fsp3) is 0.562. The van der Waals surface area contributed by atoms with Gasteiger partial charge in [0.2, 0.25) is 5.91 Å². The third-order valence-corrected chi connectivity index (χ3v) is 2.88. The fourth-order valence-electron chi connectivity index (χ4n) is 1.92. The summed E-state index contributed by atoms with van der Waals surface area (Å²) in [5, 5.41) is 6.04. The van der Waals surface area contributed by atoms with E-state index in [1.807, 2.05) is 32.0 Å². The number of para-hydroxylation sites is 1. The van der Waals surface area contributed by atoms with E-state index in [0.29, 0.717) is 32.7 Å². The summed E-state index contributed by atoms with van der Waals surface area (Å²) in [5.74, 6) is 1.45. The first-order chi connectivity index (χ1) is 10.2. The predicted octanol–water partition coefficient (Wildman–Crippen LogP) is 2.10. The van der Waals surface area contributed by atoms with Gasteiger partial charge in [0.1, 0.15) is 0 Å². The molecule has 0 saturated heterocycles. The van der Waals surface area contributed by atoms with Crippen molar-refractivity contribution >= 4 is 5.91 Å². The number of nitrogens with one attached hydrogen (secondary N) is 2. The first-order valence-electron chi connectivity index (χ1n) is 7.57. The molecule has 21 heavy (non-hydrogen) atoms. The van der Waals surface area contributed by atoms with Crippen LogP contribution in [0.2, 0.25) is 0 Å². The van der Waals surface area contributed by atoms with Gasteiger partial charge in [0, 0.05) is 18.7 Å². The van der Waals surface area contributed by atoms with Crippen molar-refractivity contribution in [3.8, 4) is 11.5 Å². The summed E-state index contributed by atoms with van der Waals surface area (Å²) in [6.45, 7) is 9.06. The summed E-state index contributed by atoms with van der Waals surface area (Å²) in [5.41, 5.74) is 1.04. The topological polar surface area (TPSA) is 59.6 Å². The van der Waals surface area contributed by atoms with Crippen molar-refractivity contribution in [2.24, 2.45) is 0 Å². The third-order valence-electron chi connectivity index (χ3n) is 2.88. The zero-order valence-electron chi connectivity index (χ0n) is 13.2. The van der Waals surface area contributed by atoms with Gasteiger partial charge < -0.3 is 20.1 Å². The van der Waals surface area contributed by atoms with Crippen LogP contribution in [0.15, 0.2) is 18.2 Å². The van der Waals surface area contributed by atoms with E-state index in [0.717, 1.165) is 23.6 Å². The number of rotatable bonds is 10. The summed E-state index contributed by atoms with van der Waals surface area (Å²) in [4.78, 5) is 11.5. The summed E-state index contributed by atoms with van der Waals surface area (Å²) in [7, 11) is 0. The Hall–Kier alpha value is -1.75. The molecule has 2 N–H and O–H groups in total. The first-order valence-corrected chi connectivity index (χ1v) is 7.57. The van der Waals surface area contributed by atoms with Crippen LogP contribution in [-0.2, 0) is 11.3 Å². The van der Waals surface area contributed by atoms with Gasteiger partial charge in [-0.15, -0.1) is 0 Å². The van der Waals surface area contributed by atoms with E-state index < -0.39 is 0 Å². The molecule has 0 fully saturated rings. The highest BCUT2D eigenvalue weighted by Gasteiger charge is 2.11. The van der Waals surface area contributed by atoms with Gasteiger partial charge in [-0.1, -0.05) is 19.1 Å². The van der Waals surface area contributed by atoms with Crippen LogP contribution in [-0.4, -0.2) is 32.2 Å². The smallest absolute Gasteiger partial charge is 0.223 e. The quantitative estimate of drug-likeness (QED) is 0.694. The second kappa shape index (κ2) is 10.0. The summed E-state index contributed by atoms with van der Waals surface area (Å²) in [6, 6.07) is 5.85. The molecule has 0 radical (unpaired) electrons. The molecule has 0 heterocycles. The molecule has 0 spiro atoms. The fourth-order valence-corrected chi connectivity index (χ4v) is 1.92. The lowest BCUT2D eigenvalue weighted by Gasteiger charge is -2.16. The van der Waals surface area contributed by atoms with Crippen molar-refractivity contribution in [1.82, 2.24) is 10.6 Å². The normalized spacial score (nSPS) is 10.2. The van der Waals surface area contributed by atoms with Gasteiger partial charge in [0.25, 0.3) is 0 Å². The van der Waals surface area contributed by atoms with E-state index in [-0.39, 0.29) is 5.91 Å². The number of carbonyl (C=O) groups excluding carboxylic acids is 1. The van der Waals surface area contributed by atoms with Crippen molar-refractivity contribution < 1.29 is 14.3 Å². The molecule has 0 aromatic heterocycles. The largest absolute Gasteiger partial charge is 0.490 e. The summed E-state index contributed by atoms with van der Waals surface area (Å²) < 4.78 is 11.4. The molecule has 1 aromatic rings. The number of ether oxygens (including phenoxy) is 2. The minimum atomic E-state index is -0.000348. The minimum Gasteiger partial charge on any atom is -0.490 e.